The minimum absolute atomic E-state index is 0. The molecule has 0 atom stereocenters. The van der Waals surface area contributed by atoms with Crippen molar-refractivity contribution in [3.05, 3.63) is 0 Å². The van der Waals surface area contributed by atoms with Crippen LogP contribution < -0.4 is 38.4 Å². The zero-order chi connectivity index (χ0) is 14.3. The molecule has 0 spiro atoms. The molecule has 12 nitrogen and oxygen atoms in total. The molecule has 0 aliphatic rings. The van der Waals surface area contributed by atoms with Crippen LogP contribution in [0.5, 0.6) is 0 Å². The first-order chi connectivity index (χ1) is 6.93. The van der Waals surface area contributed by atoms with Crippen LogP contribution in [0.15, 0.2) is 0 Å². The maximum atomic E-state index is 8.52. The van der Waals surface area contributed by atoms with Crippen molar-refractivity contribution in [3.8, 4) is 0 Å². The second-order valence-electron chi connectivity index (χ2n) is 1.00. The van der Waals surface area contributed by atoms with E-state index in [9.17, 15) is 0 Å². The van der Waals surface area contributed by atoms with Crippen LogP contribution in [0.25, 0.3) is 0 Å². The number of hydrogen-bond donors (Lipinski definition) is 0. The van der Waals surface area contributed by atoms with Gasteiger partial charge in [-0.25, -0.2) is 0 Å². The zero-order valence-electron chi connectivity index (χ0n) is 7.92. The van der Waals surface area contributed by atoms with E-state index in [1.165, 1.54) is 0 Å². The van der Waals surface area contributed by atoms with Gasteiger partial charge in [0.2, 0.25) is 0 Å². The normalized spacial score (nSPS) is 5.33. The number of hydrogen-bond acceptors (Lipinski definition) is 12. The van der Waals surface area contributed by atoms with Gasteiger partial charge in [-0.15, -0.1) is 0 Å². The van der Waals surface area contributed by atoms with E-state index in [4.69, 9.17) is 56.2 Å². The van der Waals surface area contributed by atoms with Crippen LogP contribution >= 0.6 is 0 Å². The van der Waals surface area contributed by atoms with Gasteiger partial charge in [-0.3, -0.25) is 0 Å². The molecule has 0 amide bonds. The predicted molar refractivity (Wildman–Crippen MR) is 25.8 cm³/mol. The van der Waals surface area contributed by atoms with Crippen LogP contribution in [0.1, 0.15) is 0 Å². The monoisotopic (exact) mass is 574 g/mol. The second kappa shape index (κ2) is 30.4. The first-order valence-electron chi connectivity index (χ1n) is 2.45. The van der Waals surface area contributed by atoms with Gasteiger partial charge < -0.3 is 56.2 Å². The molecule has 0 N–H and O–H groups in total. The van der Waals surface area contributed by atoms with Crippen molar-refractivity contribution in [2.24, 2.45) is 0 Å². The van der Waals surface area contributed by atoms with Gasteiger partial charge in [0.25, 0.3) is 0 Å². The Kier molecular flexibility index (Phi) is 61.1. The first kappa shape index (κ1) is 36.2. The van der Waals surface area contributed by atoms with Gasteiger partial charge in [0.15, 0.2) is 0 Å². The molecule has 18 heteroatoms. The third kappa shape index (κ3) is 39400. The molecular weight excluding hydrogens is 574 g/mol. The van der Waals surface area contributed by atoms with E-state index >= 15 is 0 Å². The topological polar surface area (TPSA) is 253 Å². The van der Waals surface area contributed by atoms with Crippen molar-refractivity contribution in [1.29, 1.82) is 0 Å². The molecule has 0 saturated carbocycles. The minimum Gasteiger partial charge on any atom is -0.672 e. The van der Waals surface area contributed by atoms with E-state index in [2.05, 4.69) is 0 Å². The third-order valence-electron chi connectivity index (χ3n) is 0. The van der Waals surface area contributed by atoms with Gasteiger partial charge in [0.1, 0.15) is 0 Å². The Morgan fingerprint density at radius 2 is 0.444 bits per heavy atom. The van der Waals surface area contributed by atoms with Crippen molar-refractivity contribution in [1.82, 2.24) is 0 Å². The van der Waals surface area contributed by atoms with Crippen LogP contribution in [0, 0.1) is 0 Å². The summed E-state index contributed by atoms with van der Waals surface area (Å²) in [6, 6.07) is 0. The van der Waals surface area contributed by atoms with Crippen molar-refractivity contribution in [2.75, 3.05) is 0 Å². The van der Waals surface area contributed by atoms with Crippen LogP contribution in [0.2, 0.25) is 0 Å². The Morgan fingerprint density at radius 3 is 0.444 bits per heavy atom. The average molecular weight is 574 g/mol. The standard InChI is InChI=1S/4O3Si.Ta.Y/c4*1-4(2)3;;/q4*-2;+5;+3. The summed E-state index contributed by atoms with van der Waals surface area (Å²) in [6.45, 7) is 0. The Balaban J connectivity index is -0.0000000257. The molecule has 0 heterocycles. The van der Waals surface area contributed by atoms with E-state index < -0.39 is 36.7 Å². The molecule has 0 aromatic heterocycles. The maximum Gasteiger partial charge on any atom is 5.00 e. The molecule has 0 fully saturated rings. The second-order valence-corrected chi connectivity index (χ2v) is 3.00. The summed E-state index contributed by atoms with van der Waals surface area (Å²) in [5.74, 6) is 0. The molecule has 0 bridgehead atoms. The molecular formula is O12Si4TaY. The van der Waals surface area contributed by atoms with Crippen LogP contribution in [0.3, 0.4) is 0 Å². The fraction of sp³-hybridized carbons (Fsp3) is 0. The van der Waals surface area contributed by atoms with E-state index in [-0.39, 0.29) is 55.1 Å². The summed E-state index contributed by atoms with van der Waals surface area (Å²) in [7, 11) is -14.5. The van der Waals surface area contributed by atoms with Gasteiger partial charge in [0.05, 0.1) is 0 Å². The summed E-state index contributed by atoms with van der Waals surface area (Å²) in [4.78, 5) is 68.1. The van der Waals surface area contributed by atoms with Crippen LogP contribution in [-0.2, 0) is 72.9 Å². The quantitative estimate of drug-likeness (QED) is 0.245. The van der Waals surface area contributed by atoms with Gasteiger partial charge >= 0.3 is 55.1 Å². The molecule has 0 saturated heterocycles. The minimum atomic E-state index is -3.63. The largest absolute Gasteiger partial charge is 5.00 e. The Hall–Kier alpha value is 0.312. The van der Waals surface area contributed by atoms with Crippen LogP contribution in [-0.4, -0.2) is 36.7 Å². The Morgan fingerprint density at radius 1 is 0.444 bits per heavy atom. The molecule has 0 aromatic rings. The van der Waals surface area contributed by atoms with Crippen molar-refractivity contribution in [2.45, 2.75) is 0 Å². The average Bonchev–Trinajstić information content (AvgIpc) is 1.76. The molecule has 0 unspecified atom stereocenters. The van der Waals surface area contributed by atoms with Gasteiger partial charge in [-0.1, -0.05) is 0 Å². The van der Waals surface area contributed by atoms with E-state index in [0.717, 1.165) is 0 Å². The molecule has 0 aromatic carbocycles. The van der Waals surface area contributed by atoms with Crippen LogP contribution in [0.4, 0.5) is 0 Å². The summed E-state index contributed by atoms with van der Waals surface area (Å²) < 4.78 is 34.1. The van der Waals surface area contributed by atoms with E-state index in [0.29, 0.717) is 0 Å². The molecule has 0 aliphatic heterocycles. The summed E-state index contributed by atoms with van der Waals surface area (Å²) in [5.41, 5.74) is 0. The smallest absolute Gasteiger partial charge is 0.672 e. The van der Waals surface area contributed by atoms with Gasteiger partial charge in [0, 0.05) is 36.7 Å². The Labute approximate surface area is 147 Å². The molecule has 18 heavy (non-hydrogen) atoms. The van der Waals surface area contributed by atoms with Gasteiger partial charge in [-0.05, 0) is 0 Å². The molecule has 0 aliphatic carbocycles. The first-order valence-corrected chi connectivity index (χ1v) is 7.35. The maximum absolute atomic E-state index is 8.52. The van der Waals surface area contributed by atoms with E-state index in [1.807, 2.05) is 0 Å². The third-order valence-corrected chi connectivity index (χ3v) is 0. The zero-order valence-corrected chi connectivity index (χ0v) is 18.0. The summed E-state index contributed by atoms with van der Waals surface area (Å²) in [6.07, 6.45) is 0. The fourth-order valence-corrected chi connectivity index (χ4v) is 0. The number of rotatable bonds is 0. The molecule has 0 radical (unpaired) electrons. The predicted octanol–water partition coefficient (Wildman–Crippen LogP) is -11.5. The summed E-state index contributed by atoms with van der Waals surface area (Å²) in [5, 5.41) is 0. The Bertz CT molecular complexity index is 164. The van der Waals surface area contributed by atoms with Gasteiger partial charge in [-0.2, -0.15) is 0 Å². The van der Waals surface area contributed by atoms with Crippen molar-refractivity contribution < 1.29 is 111 Å². The summed E-state index contributed by atoms with van der Waals surface area (Å²) >= 11 is 0. The molecule has 96 valence electrons. The fourth-order valence-electron chi connectivity index (χ4n) is 0. The SMILES string of the molecule is O=[Si]([O-])[O-].O=[Si]([O-])[O-].O=[Si]([O-])[O-].O=[Si]([O-])[O-].[Ta+5].[Y+3]. The van der Waals surface area contributed by atoms with E-state index in [1.54, 1.807) is 0 Å². The molecule has 0 rings (SSSR count). The van der Waals surface area contributed by atoms with Crippen molar-refractivity contribution >= 4 is 36.7 Å². The van der Waals surface area contributed by atoms with Crippen molar-refractivity contribution in [3.63, 3.8) is 0 Å².